The molecule has 0 amide bonds. The highest BCUT2D eigenvalue weighted by Crippen LogP contribution is 2.35. The summed E-state index contributed by atoms with van der Waals surface area (Å²) in [5.41, 5.74) is 12.6. The Bertz CT molecular complexity index is 709. The molecule has 21 heavy (non-hydrogen) atoms. The molecule has 3 rings (SSSR count). The van der Waals surface area contributed by atoms with E-state index < -0.39 is 5.82 Å². The molecule has 1 aliphatic rings. The maximum atomic E-state index is 14.0. The summed E-state index contributed by atoms with van der Waals surface area (Å²) in [6.07, 6.45) is 0. The number of hydrogen-bond donors (Lipinski definition) is 3. The van der Waals surface area contributed by atoms with Gasteiger partial charge in [0.1, 0.15) is 5.02 Å². The van der Waals surface area contributed by atoms with Crippen molar-refractivity contribution >= 4 is 28.7 Å². The van der Waals surface area contributed by atoms with Crippen LogP contribution in [-0.2, 0) is 6.54 Å². The maximum absolute atomic E-state index is 14.0. The second-order valence-electron chi connectivity index (χ2n) is 4.60. The van der Waals surface area contributed by atoms with Gasteiger partial charge < -0.3 is 26.3 Å². The van der Waals surface area contributed by atoms with E-state index in [0.29, 0.717) is 18.0 Å². The Labute approximate surface area is 125 Å². The molecule has 7 heteroatoms. The first kappa shape index (κ1) is 13.6. The minimum absolute atomic E-state index is 0.111. The molecule has 0 saturated heterocycles. The van der Waals surface area contributed by atoms with Crippen molar-refractivity contribution in [3.63, 3.8) is 0 Å². The second kappa shape index (κ2) is 5.21. The summed E-state index contributed by atoms with van der Waals surface area (Å²) < 4.78 is 24.6. The number of anilines is 3. The monoisotopic (exact) mass is 309 g/mol. The molecule has 0 fully saturated rings. The highest BCUT2D eigenvalue weighted by atomic mass is 35.5. The standard InChI is InChI=1S/C14H13ClFN3O2/c15-12-8(17)4-9(18)14(13(12)16)19-5-7-1-2-10-11(3-7)21-6-20-10/h1-4,19H,5-6,17-18H2. The quantitative estimate of drug-likeness (QED) is 0.759. The highest BCUT2D eigenvalue weighted by Gasteiger charge is 2.16. The van der Waals surface area contributed by atoms with Gasteiger partial charge in [0.05, 0.1) is 17.1 Å². The van der Waals surface area contributed by atoms with Gasteiger partial charge in [0, 0.05) is 6.54 Å². The number of ether oxygens (including phenoxy) is 2. The van der Waals surface area contributed by atoms with E-state index in [1.165, 1.54) is 6.07 Å². The van der Waals surface area contributed by atoms with Crippen molar-refractivity contribution in [2.45, 2.75) is 6.54 Å². The van der Waals surface area contributed by atoms with Crippen LogP contribution in [0.4, 0.5) is 21.5 Å². The van der Waals surface area contributed by atoms with Crippen molar-refractivity contribution < 1.29 is 13.9 Å². The van der Waals surface area contributed by atoms with Crippen LogP contribution in [0.15, 0.2) is 24.3 Å². The summed E-state index contributed by atoms with van der Waals surface area (Å²) in [5.74, 6) is 0.702. The van der Waals surface area contributed by atoms with Crippen LogP contribution in [0, 0.1) is 5.82 Å². The fourth-order valence-electron chi connectivity index (χ4n) is 2.09. The van der Waals surface area contributed by atoms with E-state index in [9.17, 15) is 4.39 Å². The van der Waals surface area contributed by atoms with Crippen LogP contribution in [0.2, 0.25) is 5.02 Å². The fourth-order valence-corrected chi connectivity index (χ4v) is 2.24. The van der Waals surface area contributed by atoms with Crippen molar-refractivity contribution in [3.05, 3.63) is 40.7 Å². The predicted molar refractivity (Wildman–Crippen MR) is 80.1 cm³/mol. The lowest BCUT2D eigenvalue weighted by molar-refractivity contribution is 0.174. The topological polar surface area (TPSA) is 82.5 Å². The van der Waals surface area contributed by atoms with Crippen molar-refractivity contribution in [2.24, 2.45) is 0 Å². The van der Waals surface area contributed by atoms with Gasteiger partial charge in [-0.1, -0.05) is 17.7 Å². The Hall–Kier alpha value is -2.34. The number of nitrogen functional groups attached to an aromatic ring is 2. The van der Waals surface area contributed by atoms with Gasteiger partial charge in [-0.2, -0.15) is 0 Å². The normalized spacial score (nSPS) is 12.5. The van der Waals surface area contributed by atoms with E-state index in [4.69, 9.17) is 32.5 Å². The van der Waals surface area contributed by atoms with E-state index in [-0.39, 0.29) is 28.9 Å². The number of rotatable bonds is 3. The Morgan fingerprint density at radius 1 is 1.14 bits per heavy atom. The number of nitrogens with one attached hydrogen (secondary N) is 1. The first-order valence-electron chi connectivity index (χ1n) is 6.21. The zero-order valence-electron chi connectivity index (χ0n) is 11.0. The van der Waals surface area contributed by atoms with Crippen molar-refractivity contribution in [1.82, 2.24) is 0 Å². The van der Waals surface area contributed by atoms with E-state index in [0.717, 1.165) is 5.56 Å². The fraction of sp³-hybridized carbons (Fsp3) is 0.143. The first-order chi connectivity index (χ1) is 10.1. The molecule has 0 spiro atoms. The average molecular weight is 310 g/mol. The van der Waals surface area contributed by atoms with Gasteiger partial charge in [-0.3, -0.25) is 0 Å². The zero-order chi connectivity index (χ0) is 15.0. The molecule has 1 heterocycles. The third-order valence-electron chi connectivity index (χ3n) is 3.17. The number of fused-ring (bicyclic) bond motifs is 1. The van der Waals surface area contributed by atoms with Crippen LogP contribution in [0.5, 0.6) is 11.5 Å². The van der Waals surface area contributed by atoms with Crippen LogP contribution in [0.3, 0.4) is 0 Å². The third-order valence-corrected chi connectivity index (χ3v) is 3.56. The molecule has 5 nitrogen and oxygen atoms in total. The number of nitrogens with two attached hydrogens (primary N) is 2. The Kier molecular flexibility index (Phi) is 3.39. The molecule has 0 atom stereocenters. The Morgan fingerprint density at radius 3 is 2.71 bits per heavy atom. The molecule has 0 unspecified atom stereocenters. The lowest BCUT2D eigenvalue weighted by atomic mass is 10.2. The molecule has 5 N–H and O–H groups in total. The van der Waals surface area contributed by atoms with Crippen LogP contribution in [0.25, 0.3) is 0 Å². The molecular formula is C14H13ClFN3O2. The summed E-state index contributed by atoms with van der Waals surface area (Å²) in [4.78, 5) is 0. The molecule has 1 aliphatic heterocycles. The molecule has 0 radical (unpaired) electrons. The summed E-state index contributed by atoms with van der Waals surface area (Å²) in [6, 6.07) is 6.90. The summed E-state index contributed by atoms with van der Waals surface area (Å²) in [6.45, 7) is 0.569. The molecule has 0 aliphatic carbocycles. The number of benzene rings is 2. The molecule has 0 bridgehead atoms. The van der Waals surface area contributed by atoms with Crippen molar-refractivity contribution in [2.75, 3.05) is 23.6 Å². The van der Waals surface area contributed by atoms with Crippen LogP contribution < -0.4 is 26.3 Å². The summed E-state index contributed by atoms with van der Waals surface area (Å²) in [5, 5.41) is 2.78. The Balaban J connectivity index is 1.81. The van der Waals surface area contributed by atoms with Gasteiger partial charge in [-0.15, -0.1) is 0 Å². The van der Waals surface area contributed by atoms with E-state index in [1.807, 2.05) is 12.1 Å². The van der Waals surface area contributed by atoms with Crippen LogP contribution >= 0.6 is 11.6 Å². The SMILES string of the molecule is Nc1cc(N)c(NCc2ccc3c(c2)OCO3)c(F)c1Cl. The smallest absolute Gasteiger partial charge is 0.231 e. The maximum Gasteiger partial charge on any atom is 0.231 e. The van der Waals surface area contributed by atoms with E-state index >= 15 is 0 Å². The highest BCUT2D eigenvalue weighted by molar-refractivity contribution is 6.33. The second-order valence-corrected chi connectivity index (χ2v) is 4.98. The molecule has 110 valence electrons. The van der Waals surface area contributed by atoms with Gasteiger partial charge in [0.15, 0.2) is 17.3 Å². The van der Waals surface area contributed by atoms with Gasteiger partial charge in [-0.05, 0) is 23.8 Å². The van der Waals surface area contributed by atoms with Gasteiger partial charge >= 0.3 is 0 Å². The minimum atomic E-state index is -0.657. The molecule has 0 aromatic heterocycles. The Morgan fingerprint density at radius 2 is 1.90 bits per heavy atom. The molecule has 2 aromatic carbocycles. The van der Waals surface area contributed by atoms with Crippen LogP contribution in [0.1, 0.15) is 5.56 Å². The summed E-state index contributed by atoms with van der Waals surface area (Å²) in [7, 11) is 0. The van der Waals surface area contributed by atoms with Crippen molar-refractivity contribution in [1.29, 1.82) is 0 Å². The lowest BCUT2D eigenvalue weighted by Gasteiger charge is -2.13. The average Bonchev–Trinajstić information content (AvgIpc) is 2.92. The molecule has 0 saturated carbocycles. The van der Waals surface area contributed by atoms with Gasteiger partial charge in [-0.25, -0.2) is 4.39 Å². The van der Waals surface area contributed by atoms with E-state index in [2.05, 4.69) is 5.32 Å². The van der Waals surface area contributed by atoms with Gasteiger partial charge in [0.25, 0.3) is 0 Å². The zero-order valence-corrected chi connectivity index (χ0v) is 11.7. The van der Waals surface area contributed by atoms with Crippen LogP contribution in [-0.4, -0.2) is 6.79 Å². The van der Waals surface area contributed by atoms with Gasteiger partial charge in [0.2, 0.25) is 6.79 Å². The van der Waals surface area contributed by atoms with Crippen molar-refractivity contribution in [3.8, 4) is 11.5 Å². The molecular weight excluding hydrogens is 297 g/mol. The molecule has 2 aromatic rings. The minimum Gasteiger partial charge on any atom is -0.454 e. The largest absolute Gasteiger partial charge is 0.454 e. The predicted octanol–water partition coefficient (Wildman–Crippen LogP) is 2.98. The number of hydrogen-bond acceptors (Lipinski definition) is 5. The lowest BCUT2D eigenvalue weighted by Crippen LogP contribution is -2.06. The van der Waals surface area contributed by atoms with E-state index in [1.54, 1.807) is 6.07 Å². The first-order valence-corrected chi connectivity index (χ1v) is 6.59. The summed E-state index contributed by atoms with van der Waals surface area (Å²) >= 11 is 5.78. The third kappa shape index (κ3) is 2.50. The number of halogens is 2.